The lowest BCUT2D eigenvalue weighted by molar-refractivity contribution is -0.142. The van der Waals surface area contributed by atoms with E-state index in [2.05, 4.69) is 5.32 Å². The van der Waals surface area contributed by atoms with Crippen LogP contribution in [-0.2, 0) is 20.8 Å². The third-order valence-electron chi connectivity index (χ3n) is 5.93. The van der Waals surface area contributed by atoms with Crippen LogP contribution < -0.4 is 5.32 Å². The second kappa shape index (κ2) is 11.3. The Bertz CT molecular complexity index is 1300. The van der Waals surface area contributed by atoms with Gasteiger partial charge in [-0.2, -0.15) is 0 Å². The highest BCUT2D eigenvalue weighted by atomic mass is 32.1. The summed E-state index contributed by atoms with van der Waals surface area (Å²) in [6, 6.07) is 12.5. The van der Waals surface area contributed by atoms with Crippen LogP contribution in [0.5, 0.6) is 0 Å². The van der Waals surface area contributed by atoms with E-state index in [1.54, 1.807) is 12.1 Å². The molecule has 3 amide bonds. The number of carboxylic acids is 1. The Morgan fingerprint density at radius 2 is 1.70 bits per heavy atom. The Labute approximate surface area is 215 Å². The number of carboxylic acid groups (broad SMARTS) is 1. The summed E-state index contributed by atoms with van der Waals surface area (Å²) in [5.41, 5.74) is 0.348. The lowest BCUT2D eigenvalue weighted by atomic mass is 10.0. The highest BCUT2D eigenvalue weighted by molar-refractivity contribution is 7.10. The van der Waals surface area contributed by atoms with Crippen molar-refractivity contribution < 1.29 is 33.1 Å². The van der Waals surface area contributed by atoms with E-state index in [1.165, 1.54) is 51.5 Å². The van der Waals surface area contributed by atoms with Gasteiger partial charge in [-0.3, -0.25) is 19.2 Å². The van der Waals surface area contributed by atoms with Gasteiger partial charge in [0.05, 0.1) is 18.9 Å². The van der Waals surface area contributed by atoms with E-state index in [9.17, 15) is 33.1 Å². The molecule has 1 saturated heterocycles. The highest BCUT2D eigenvalue weighted by Crippen LogP contribution is 2.24. The van der Waals surface area contributed by atoms with Gasteiger partial charge < -0.3 is 20.2 Å². The quantitative estimate of drug-likeness (QED) is 0.468. The molecule has 0 saturated carbocycles. The number of benzene rings is 2. The van der Waals surface area contributed by atoms with Crippen molar-refractivity contribution in [2.24, 2.45) is 0 Å². The summed E-state index contributed by atoms with van der Waals surface area (Å²) in [6.45, 7) is 0.0766. The lowest BCUT2D eigenvalue weighted by Crippen LogP contribution is -2.54. The van der Waals surface area contributed by atoms with Crippen molar-refractivity contribution in [2.75, 3.05) is 13.1 Å². The summed E-state index contributed by atoms with van der Waals surface area (Å²) in [4.78, 5) is 54.7. The molecule has 2 heterocycles. The summed E-state index contributed by atoms with van der Waals surface area (Å²) >= 11 is 1.37. The van der Waals surface area contributed by atoms with E-state index in [0.717, 1.165) is 23.1 Å². The molecular formula is C26H23F2N3O5S. The van der Waals surface area contributed by atoms with Crippen LogP contribution in [0, 0.1) is 11.6 Å². The van der Waals surface area contributed by atoms with Gasteiger partial charge in [-0.1, -0.05) is 24.3 Å². The number of amides is 3. The zero-order chi connectivity index (χ0) is 26.5. The monoisotopic (exact) mass is 527 g/mol. The van der Waals surface area contributed by atoms with E-state index < -0.39 is 54.0 Å². The predicted octanol–water partition coefficient (Wildman–Crippen LogP) is 3.21. The molecule has 3 aromatic rings. The maximum atomic E-state index is 13.8. The lowest BCUT2D eigenvalue weighted by Gasteiger charge is -2.31. The van der Waals surface area contributed by atoms with Gasteiger partial charge in [0.25, 0.3) is 11.8 Å². The van der Waals surface area contributed by atoms with E-state index >= 15 is 0 Å². The molecule has 192 valence electrons. The van der Waals surface area contributed by atoms with Crippen LogP contribution in [0.4, 0.5) is 8.78 Å². The van der Waals surface area contributed by atoms with Crippen LogP contribution in [0.3, 0.4) is 0 Å². The smallest absolute Gasteiger partial charge is 0.305 e. The van der Waals surface area contributed by atoms with Gasteiger partial charge in [-0.25, -0.2) is 8.78 Å². The third kappa shape index (κ3) is 6.18. The molecule has 1 aromatic heterocycles. The van der Waals surface area contributed by atoms with Gasteiger partial charge in [-0.05, 0) is 47.3 Å². The number of hydrogen-bond acceptors (Lipinski definition) is 5. The molecular weight excluding hydrogens is 504 g/mol. The van der Waals surface area contributed by atoms with Crippen molar-refractivity contribution in [1.82, 2.24) is 15.1 Å². The molecule has 2 unspecified atom stereocenters. The summed E-state index contributed by atoms with van der Waals surface area (Å²) in [5.74, 6) is -4.19. The number of carbonyl (C=O) groups is 4. The van der Waals surface area contributed by atoms with Gasteiger partial charge >= 0.3 is 5.97 Å². The minimum Gasteiger partial charge on any atom is -0.481 e. The SMILES string of the molecule is O=C(O)CC(NC(=O)C1N(C(=O)Cc2cccs2)CCN1C(=O)c1cccc(F)c1)c1ccc(F)cc1. The molecule has 4 rings (SSSR count). The number of nitrogens with zero attached hydrogens (tertiary/aromatic N) is 2. The van der Waals surface area contributed by atoms with Crippen LogP contribution in [0.25, 0.3) is 0 Å². The highest BCUT2D eigenvalue weighted by Gasteiger charge is 2.43. The number of aliphatic carboxylic acids is 1. The standard InChI is InChI=1S/C26H23F2N3O5S/c27-18-8-6-16(7-9-18)21(15-23(33)34)29-24(35)25-30(22(32)14-20-5-2-12-37-20)10-11-31(25)26(36)17-3-1-4-19(28)13-17/h1-9,12-13,21,25H,10-11,14-15H2,(H,29,35)(H,33,34). The molecule has 11 heteroatoms. The Kier molecular flexibility index (Phi) is 7.92. The van der Waals surface area contributed by atoms with Gasteiger partial charge in [-0.15, -0.1) is 11.3 Å². The fraction of sp³-hybridized carbons (Fsp3) is 0.231. The van der Waals surface area contributed by atoms with Crippen molar-refractivity contribution in [2.45, 2.75) is 25.0 Å². The van der Waals surface area contributed by atoms with Gasteiger partial charge in [0.1, 0.15) is 11.6 Å². The molecule has 0 bridgehead atoms. The van der Waals surface area contributed by atoms with E-state index in [4.69, 9.17) is 0 Å². The van der Waals surface area contributed by atoms with Crippen LogP contribution in [0.1, 0.15) is 33.3 Å². The molecule has 8 nitrogen and oxygen atoms in total. The minimum absolute atomic E-state index is 0.00553. The van der Waals surface area contributed by atoms with Gasteiger partial charge in [0.15, 0.2) is 6.17 Å². The number of thiophene rings is 1. The zero-order valence-corrected chi connectivity index (χ0v) is 20.3. The number of hydrogen-bond donors (Lipinski definition) is 2. The van der Waals surface area contributed by atoms with E-state index in [0.29, 0.717) is 5.56 Å². The molecule has 2 N–H and O–H groups in total. The second-order valence-corrected chi connectivity index (χ2v) is 9.47. The molecule has 2 aromatic carbocycles. The first-order valence-electron chi connectivity index (χ1n) is 11.4. The Hall–Kier alpha value is -4.12. The van der Waals surface area contributed by atoms with Crippen LogP contribution in [-0.4, -0.2) is 57.9 Å². The van der Waals surface area contributed by atoms with Crippen LogP contribution >= 0.6 is 11.3 Å². The number of rotatable bonds is 8. The van der Waals surface area contributed by atoms with Crippen molar-refractivity contribution >= 4 is 35.0 Å². The molecule has 1 fully saturated rings. The maximum Gasteiger partial charge on any atom is 0.305 e. The number of nitrogens with one attached hydrogen (secondary N) is 1. The topological polar surface area (TPSA) is 107 Å². The number of halogens is 2. The molecule has 0 aliphatic carbocycles. The summed E-state index contributed by atoms with van der Waals surface area (Å²) in [5, 5.41) is 13.8. The first kappa shape index (κ1) is 26.0. The zero-order valence-electron chi connectivity index (χ0n) is 19.5. The first-order chi connectivity index (χ1) is 17.7. The van der Waals surface area contributed by atoms with Crippen molar-refractivity contribution in [1.29, 1.82) is 0 Å². The van der Waals surface area contributed by atoms with Gasteiger partial charge in [0, 0.05) is 23.5 Å². The first-order valence-corrected chi connectivity index (χ1v) is 12.3. The van der Waals surface area contributed by atoms with Crippen LogP contribution in [0.15, 0.2) is 66.0 Å². The molecule has 0 spiro atoms. The average Bonchev–Trinajstić information content (AvgIpc) is 3.53. The number of carbonyl (C=O) groups excluding carboxylic acids is 3. The molecule has 1 aliphatic heterocycles. The molecule has 0 radical (unpaired) electrons. The summed E-state index contributed by atoms with van der Waals surface area (Å²) in [6.07, 6.45) is -1.88. The third-order valence-corrected chi connectivity index (χ3v) is 6.81. The normalized spacial score (nSPS) is 15.9. The maximum absolute atomic E-state index is 13.8. The van der Waals surface area contributed by atoms with Crippen LogP contribution in [0.2, 0.25) is 0 Å². The van der Waals surface area contributed by atoms with Crippen molar-refractivity contribution in [3.8, 4) is 0 Å². The van der Waals surface area contributed by atoms with Crippen molar-refractivity contribution in [3.63, 3.8) is 0 Å². The summed E-state index contributed by atoms with van der Waals surface area (Å²) < 4.78 is 27.2. The second-order valence-electron chi connectivity index (χ2n) is 8.44. The fourth-order valence-electron chi connectivity index (χ4n) is 4.20. The average molecular weight is 528 g/mol. The molecule has 2 atom stereocenters. The Morgan fingerprint density at radius 1 is 0.973 bits per heavy atom. The Balaban J connectivity index is 1.64. The molecule has 1 aliphatic rings. The Morgan fingerprint density at radius 3 is 2.35 bits per heavy atom. The van der Waals surface area contributed by atoms with E-state index in [-0.39, 0.29) is 25.1 Å². The van der Waals surface area contributed by atoms with E-state index in [1.807, 2.05) is 5.38 Å². The summed E-state index contributed by atoms with van der Waals surface area (Å²) in [7, 11) is 0. The molecule has 37 heavy (non-hydrogen) atoms. The largest absolute Gasteiger partial charge is 0.481 e. The minimum atomic E-state index is -1.39. The predicted molar refractivity (Wildman–Crippen MR) is 130 cm³/mol. The van der Waals surface area contributed by atoms with Crippen molar-refractivity contribution in [3.05, 3.63) is 93.7 Å². The fourth-order valence-corrected chi connectivity index (χ4v) is 4.90. The van der Waals surface area contributed by atoms with Gasteiger partial charge in [0.2, 0.25) is 5.91 Å².